The minimum absolute atomic E-state index is 0.0190. The van der Waals surface area contributed by atoms with Gasteiger partial charge in [0.15, 0.2) is 11.2 Å². The Morgan fingerprint density at radius 3 is 2.71 bits per heavy atom. The molecule has 2 aromatic carbocycles. The van der Waals surface area contributed by atoms with Crippen molar-refractivity contribution in [1.29, 1.82) is 0 Å². The second-order valence-corrected chi connectivity index (χ2v) is 10.5. The molecule has 1 unspecified atom stereocenters. The number of aliphatic carboxylic acids is 1. The fraction of sp³-hybridized carbons (Fsp3) is 0.333. The largest absolute Gasteiger partial charge is 0.494 e. The Kier molecular flexibility index (Phi) is 7.15. The lowest BCUT2D eigenvalue weighted by molar-refractivity contribution is -0.141. The van der Waals surface area contributed by atoms with Crippen molar-refractivity contribution >= 4 is 40.3 Å². The third-order valence-electron chi connectivity index (χ3n) is 6.58. The lowest BCUT2D eigenvalue weighted by Crippen LogP contribution is -2.13. The predicted molar refractivity (Wildman–Crippen MR) is 141 cm³/mol. The highest BCUT2D eigenvalue weighted by Crippen LogP contribution is 2.41. The van der Waals surface area contributed by atoms with E-state index in [4.69, 9.17) is 42.8 Å². The number of aromatic nitrogens is 4. The molecule has 0 radical (unpaired) electrons. The van der Waals surface area contributed by atoms with Gasteiger partial charge in [0.25, 0.3) is 0 Å². The monoisotopic (exact) mass is 558 g/mol. The predicted octanol–water partition coefficient (Wildman–Crippen LogP) is 6.41. The molecule has 198 valence electrons. The molecule has 2 aromatic heterocycles. The van der Waals surface area contributed by atoms with Crippen LogP contribution in [-0.2, 0) is 11.3 Å². The first-order valence-electron chi connectivity index (χ1n) is 12.1. The fourth-order valence-electron chi connectivity index (χ4n) is 3.94. The Morgan fingerprint density at radius 2 is 2.00 bits per heavy atom. The topological polar surface area (TPSA) is 99.4 Å². The van der Waals surface area contributed by atoms with E-state index >= 15 is 0 Å². The molecule has 0 spiro atoms. The Balaban J connectivity index is 1.54. The van der Waals surface area contributed by atoms with Crippen LogP contribution in [0, 0.1) is 11.7 Å². The van der Waals surface area contributed by atoms with E-state index in [2.05, 4.69) is 9.97 Å². The van der Waals surface area contributed by atoms with Crippen molar-refractivity contribution in [1.82, 2.24) is 19.5 Å². The number of halogens is 3. The summed E-state index contributed by atoms with van der Waals surface area (Å²) < 4.78 is 28.5. The molecule has 0 bridgehead atoms. The van der Waals surface area contributed by atoms with Crippen LogP contribution in [0.4, 0.5) is 4.39 Å². The molecular formula is C27H25Cl2FN4O4. The number of rotatable bonds is 10. The molecule has 1 saturated carbocycles. The van der Waals surface area contributed by atoms with Gasteiger partial charge in [0.05, 0.1) is 29.1 Å². The van der Waals surface area contributed by atoms with Gasteiger partial charge in [-0.15, -0.1) is 0 Å². The van der Waals surface area contributed by atoms with Crippen LogP contribution in [0.3, 0.4) is 0 Å². The smallest absolute Gasteiger partial charge is 0.306 e. The summed E-state index contributed by atoms with van der Waals surface area (Å²) in [7, 11) is 0. The number of benzene rings is 2. The van der Waals surface area contributed by atoms with Gasteiger partial charge >= 0.3 is 5.97 Å². The number of carbonyl (C=O) groups is 1. The van der Waals surface area contributed by atoms with E-state index in [1.165, 1.54) is 12.4 Å². The van der Waals surface area contributed by atoms with E-state index in [9.17, 15) is 9.18 Å². The van der Waals surface area contributed by atoms with Gasteiger partial charge in [-0.3, -0.25) is 4.79 Å². The number of nitrogens with zero attached hydrogens (tertiary/aromatic N) is 4. The number of hydrogen-bond donors (Lipinski definition) is 1. The van der Waals surface area contributed by atoms with E-state index in [0.29, 0.717) is 51.2 Å². The lowest BCUT2D eigenvalue weighted by atomic mass is 10.1. The molecule has 0 amide bonds. The van der Waals surface area contributed by atoms with Crippen molar-refractivity contribution in [2.24, 2.45) is 5.92 Å². The number of carboxylic acid groups (broad SMARTS) is 1. The highest BCUT2D eigenvalue weighted by Gasteiger charge is 2.41. The summed E-state index contributed by atoms with van der Waals surface area (Å²) in [6.07, 6.45) is 3.59. The first-order valence-corrected chi connectivity index (χ1v) is 12.9. The van der Waals surface area contributed by atoms with E-state index in [1.807, 2.05) is 6.92 Å². The van der Waals surface area contributed by atoms with E-state index in [1.54, 1.807) is 41.8 Å². The first-order chi connectivity index (χ1) is 18.1. The average molecular weight is 559 g/mol. The SMILES string of the molecule is CC(CCOc1ccc(-c2nc3c(OC4(C)CC4)ncnc3n2Cc2cccc(Cl)c2F)c(Cl)c1)C(=O)O. The summed E-state index contributed by atoms with van der Waals surface area (Å²) >= 11 is 12.7. The maximum atomic E-state index is 14.9. The van der Waals surface area contributed by atoms with Crippen LogP contribution in [-0.4, -0.2) is 42.8 Å². The van der Waals surface area contributed by atoms with Gasteiger partial charge in [-0.25, -0.2) is 14.4 Å². The summed E-state index contributed by atoms with van der Waals surface area (Å²) in [6, 6.07) is 9.94. The molecular weight excluding hydrogens is 534 g/mol. The third kappa shape index (κ3) is 5.39. The molecule has 5 rings (SSSR count). The van der Waals surface area contributed by atoms with E-state index < -0.39 is 17.7 Å². The van der Waals surface area contributed by atoms with Crippen LogP contribution < -0.4 is 9.47 Å². The van der Waals surface area contributed by atoms with Gasteiger partial charge in [0.2, 0.25) is 5.88 Å². The third-order valence-corrected chi connectivity index (χ3v) is 7.18. The van der Waals surface area contributed by atoms with Crippen molar-refractivity contribution in [2.75, 3.05) is 6.61 Å². The van der Waals surface area contributed by atoms with Gasteiger partial charge in [0, 0.05) is 11.1 Å². The van der Waals surface area contributed by atoms with Crippen molar-refractivity contribution in [2.45, 2.75) is 45.3 Å². The zero-order chi connectivity index (χ0) is 27.0. The second kappa shape index (κ2) is 10.4. The molecule has 4 aromatic rings. The van der Waals surface area contributed by atoms with Crippen molar-refractivity contribution in [3.05, 3.63) is 64.2 Å². The Labute approximate surface area is 228 Å². The highest BCUT2D eigenvalue weighted by atomic mass is 35.5. The molecule has 2 heterocycles. The van der Waals surface area contributed by atoms with Crippen LogP contribution in [0.5, 0.6) is 11.6 Å². The van der Waals surface area contributed by atoms with E-state index in [-0.39, 0.29) is 23.8 Å². The molecule has 0 saturated heterocycles. The molecule has 1 N–H and O–H groups in total. The summed E-state index contributed by atoms with van der Waals surface area (Å²) in [5, 5.41) is 9.43. The van der Waals surface area contributed by atoms with Crippen LogP contribution in [0.2, 0.25) is 10.0 Å². The quantitative estimate of drug-likeness (QED) is 0.240. The van der Waals surface area contributed by atoms with Crippen LogP contribution in [0.25, 0.3) is 22.6 Å². The normalized spacial score (nSPS) is 14.9. The molecule has 38 heavy (non-hydrogen) atoms. The molecule has 1 aliphatic rings. The van der Waals surface area contributed by atoms with Crippen molar-refractivity contribution < 1.29 is 23.8 Å². The Bertz CT molecular complexity index is 1520. The maximum absolute atomic E-state index is 14.9. The maximum Gasteiger partial charge on any atom is 0.306 e. The van der Waals surface area contributed by atoms with Crippen LogP contribution in [0.15, 0.2) is 42.7 Å². The minimum Gasteiger partial charge on any atom is -0.494 e. The molecule has 11 heteroatoms. The number of hydrogen-bond acceptors (Lipinski definition) is 6. The number of ether oxygens (including phenoxy) is 2. The Hall–Kier alpha value is -3.43. The zero-order valence-corrected chi connectivity index (χ0v) is 22.3. The number of fused-ring (bicyclic) bond motifs is 1. The molecule has 8 nitrogen and oxygen atoms in total. The lowest BCUT2D eigenvalue weighted by Gasteiger charge is -2.13. The van der Waals surface area contributed by atoms with Gasteiger partial charge in [-0.2, -0.15) is 4.98 Å². The van der Waals surface area contributed by atoms with Gasteiger partial charge in [-0.1, -0.05) is 42.3 Å². The summed E-state index contributed by atoms with van der Waals surface area (Å²) in [5.74, 6) is -0.633. The number of carboxylic acids is 1. The molecule has 1 fully saturated rings. The summed E-state index contributed by atoms with van der Waals surface area (Å²) in [5.41, 5.74) is 1.54. The molecule has 1 aliphatic carbocycles. The second-order valence-electron chi connectivity index (χ2n) is 9.66. The van der Waals surface area contributed by atoms with Gasteiger partial charge in [0.1, 0.15) is 29.3 Å². The molecule has 0 aliphatic heterocycles. The molecule has 1 atom stereocenters. The average Bonchev–Trinajstić information content (AvgIpc) is 3.49. The first kappa shape index (κ1) is 26.2. The Morgan fingerprint density at radius 1 is 1.21 bits per heavy atom. The van der Waals surface area contributed by atoms with E-state index in [0.717, 1.165) is 12.8 Å². The fourth-order valence-corrected chi connectivity index (χ4v) is 4.39. The minimum atomic E-state index is -0.876. The van der Waals surface area contributed by atoms with Crippen molar-refractivity contribution in [3.8, 4) is 23.0 Å². The van der Waals surface area contributed by atoms with Gasteiger partial charge < -0.3 is 19.1 Å². The van der Waals surface area contributed by atoms with Crippen LogP contribution in [0.1, 0.15) is 38.7 Å². The summed E-state index contributed by atoms with van der Waals surface area (Å²) in [6.45, 7) is 3.95. The van der Waals surface area contributed by atoms with Crippen molar-refractivity contribution in [3.63, 3.8) is 0 Å². The van der Waals surface area contributed by atoms with Crippen LogP contribution >= 0.6 is 23.2 Å². The zero-order valence-electron chi connectivity index (χ0n) is 20.7. The summed E-state index contributed by atoms with van der Waals surface area (Å²) in [4.78, 5) is 24.6. The number of imidazole rings is 1. The highest BCUT2D eigenvalue weighted by molar-refractivity contribution is 6.33. The standard InChI is InChI=1S/C27H25Cl2FN4O4/c1-15(26(35)36)8-11-37-17-6-7-18(20(29)12-17)23-33-22-24(31-14-32-25(22)38-27(2)9-10-27)34(23)13-16-4-3-5-19(28)21(16)30/h3-7,12,14-15H,8-11,13H2,1-2H3,(H,35,36). The van der Waals surface area contributed by atoms with Gasteiger partial charge in [-0.05, 0) is 50.5 Å².